The SMILES string of the molecule is CCC(OC1C(O)[C@H](CO)O[C@@H]1n1cc(C)c(=O)n(COCc2ccccc2)c1=O)S(=O)(=O)O. The lowest BCUT2D eigenvalue weighted by Gasteiger charge is -2.26. The highest BCUT2D eigenvalue weighted by Gasteiger charge is 2.48. The van der Waals surface area contributed by atoms with E-state index in [4.69, 9.17) is 14.2 Å². The van der Waals surface area contributed by atoms with Crippen LogP contribution in [0, 0.1) is 6.92 Å². The van der Waals surface area contributed by atoms with Gasteiger partial charge < -0.3 is 24.4 Å². The van der Waals surface area contributed by atoms with Gasteiger partial charge >= 0.3 is 5.69 Å². The third-order valence-electron chi connectivity index (χ3n) is 5.44. The van der Waals surface area contributed by atoms with E-state index >= 15 is 0 Å². The minimum Gasteiger partial charge on any atom is -0.394 e. The molecule has 1 aliphatic rings. The second-order valence-electron chi connectivity index (χ2n) is 7.89. The number of hydrogen-bond acceptors (Lipinski definition) is 9. The Morgan fingerprint density at radius 2 is 1.88 bits per heavy atom. The number of aromatic nitrogens is 2. The van der Waals surface area contributed by atoms with E-state index in [1.807, 2.05) is 30.3 Å². The first-order chi connectivity index (χ1) is 16.1. The molecule has 0 spiro atoms. The molecule has 13 heteroatoms. The van der Waals surface area contributed by atoms with Gasteiger partial charge in [0, 0.05) is 11.8 Å². The number of benzene rings is 1. The average Bonchev–Trinajstić information content (AvgIpc) is 3.11. The summed E-state index contributed by atoms with van der Waals surface area (Å²) in [4.78, 5) is 25.8. The summed E-state index contributed by atoms with van der Waals surface area (Å²) in [5.41, 5.74) is -2.18. The maximum absolute atomic E-state index is 13.2. The molecule has 0 aliphatic carbocycles. The molecule has 1 aromatic carbocycles. The predicted molar refractivity (Wildman–Crippen MR) is 118 cm³/mol. The fraction of sp³-hybridized carbons (Fsp3) is 0.524. The van der Waals surface area contributed by atoms with Crippen molar-refractivity contribution in [2.45, 2.75) is 63.6 Å². The highest BCUT2D eigenvalue weighted by Crippen LogP contribution is 2.32. The molecule has 1 aliphatic heterocycles. The van der Waals surface area contributed by atoms with E-state index in [1.54, 1.807) is 0 Å². The van der Waals surface area contributed by atoms with E-state index in [0.717, 1.165) is 14.7 Å². The van der Waals surface area contributed by atoms with E-state index in [0.29, 0.717) is 0 Å². The van der Waals surface area contributed by atoms with Crippen LogP contribution in [-0.4, -0.2) is 62.7 Å². The van der Waals surface area contributed by atoms with Gasteiger partial charge in [0.05, 0.1) is 13.2 Å². The summed E-state index contributed by atoms with van der Waals surface area (Å²) in [6, 6.07) is 9.12. The van der Waals surface area contributed by atoms with Crippen molar-refractivity contribution < 1.29 is 37.4 Å². The molecule has 0 saturated carbocycles. The predicted octanol–water partition coefficient (Wildman–Crippen LogP) is -0.248. The number of rotatable bonds is 10. The smallest absolute Gasteiger partial charge is 0.335 e. The zero-order valence-electron chi connectivity index (χ0n) is 18.7. The molecule has 3 rings (SSSR count). The first-order valence-corrected chi connectivity index (χ1v) is 12.1. The van der Waals surface area contributed by atoms with Gasteiger partial charge in [-0.1, -0.05) is 37.3 Å². The van der Waals surface area contributed by atoms with E-state index in [-0.39, 0.29) is 25.3 Å². The molecule has 2 heterocycles. The third-order valence-corrected chi connectivity index (χ3v) is 6.55. The number of nitrogens with zero attached hydrogens (tertiary/aromatic N) is 2. The van der Waals surface area contributed by atoms with Crippen molar-refractivity contribution in [3.05, 3.63) is 68.5 Å². The second kappa shape index (κ2) is 10.9. The van der Waals surface area contributed by atoms with Crippen LogP contribution in [0.4, 0.5) is 0 Å². The van der Waals surface area contributed by atoms with Gasteiger partial charge in [-0.3, -0.25) is 13.9 Å². The van der Waals surface area contributed by atoms with Crippen LogP contribution in [0.1, 0.15) is 30.7 Å². The Morgan fingerprint density at radius 1 is 1.21 bits per heavy atom. The van der Waals surface area contributed by atoms with Gasteiger partial charge in [0.25, 0.3) is 15.7 Å². The summed E-state index contributed by atoms with van der Waals surface area (Å²) in [5.74, 6) is 0. The largest absolute Gasteiger partial charge is 0.394 e. The maximum Gasteiger partial charge on any atom is 0.335 e. The highest BCUT2D eigenvalue weighted by molar-refractivity contribution is 7.86. The van der Waals surface area contributed by atoms with Crippen molar-refractivity contribution in [3.63, 3.8) is 0 Å². The Labute approximate surface area is 195 Å². The maximum atomic E-state index is 13.2. The van der Waals surface area contributed by atoms with Crippen LogP contribution in [0.15, 0.2) is 46.1 Å². The summed E-state index contributed by atoms with van der Waals surface area (Å²) >= 11 is 0. The number of aliphatic hydroxyl groups is 2. The quantitative estimate of drug-likeness (QED) is 0.370. The standard InChI is InChI=1S/C21H28N2O10S/c1-3-16(34(28,29)30)33-18-17(25)15(10-24)32-20(18)22-9-13(2)19(26)23(21(22)27)12-31-11-14-7-5-4-6-8-14/h4-9,15-18,20,24-25H,3,10-12H2,1-2H3,(H,28,29,30)/t15-,16?,17?,18?,20-/m0/s1. The van der Waals surface area contributed by atoms with Crippen LogP contribution in [0.3, 0.4) is 0 Å². The van der Waals surface area contributed by atoms with Gasteiger partial charge in [-0.05, 0) is 18.9 Å². The zero-order valence-corrected chi connectivity index (χ0v) is 19.5. The van der Waals surface area contributed by atoms with Crippen LogP contribution in [0.2, 0.25) is 0 Å². The summed E-state index contributed by atoms with van der Waals surface area (Å²) in [6.07, 6.45) is -4.52. The lowest BCUT2D eigenvalue weighted by Crippen LogP contribution is -2.46. The van der Waals surface area contributed by atoms with Crippen molar-refractivity contribution in [3.8, 4) is 0 Å². The Bertz CT molecular complexity index is 1190. The van der Waals surface area contributed by atoms with Gasteiger partial charge in [0.15, 0.2) is 11.7 Å². The van der Waals surface area contributed by atoms with Crippen molar-refractivity contribution in [1.82, 2.24) is 9.13 Å². The topological polar surface area (TPSA) is 167 Å². The lowest BCUT2D eigenvalue weighted by molar-refractivity contribution is -0.0858. The van der Waals surface area contributed by atoms with Crippen molar-refractivity contribution >= 4 is 10.1 Å². The van der Waals surface area contributed by atoms with Gasteiger partial charge in [0.1, 0.15) is 25.0 Å². The molecule has 188 valence electrons. The lowest BCUT2D eigenvalue weighted by atomic mass is 10.1. The molecule has 2 aromatic rings. The molecule has 1 saturated heterocycles. The molecule has 5 atom stereocenters. The van der Waals surface area contributed by atoms with E-state index in [1.165, 1.54) is 20.0 Å². The van der Waals surface area contributed by atoms with Gasteiger partial charge in [-0.2, -0.15) is 8.42 Å². The minimum absolute atomic E-state index is 0.143. The molecule has 1 fully saturated rings. The molecular weight excluding hydrogens is 472 g/mol. The number of hydrogen-bond donors (Lipinski definition) is 3. The summed E-state index contributed by atoms with van der Waals surface area (Å²) in [7, 11) is -4.64. The molecule has 3 unspecified atom stereocenters. The monoisotopic (exact) mass is 500 g/mol. The van der Waals surface area contributed by atoms with E-state index < -0.39 is 57.9 Å². The van der Waals surface area contributed by atoms with Gasteiger partial charge in [-0.25, -0.2) is 9.36 Å². The molecule has 1 aromatic heterocycles. The highest BCUT2D eigenvalue weighted by atomic mass is 32.2. The normalized spacial score (nSPS) is 23.8. The Balaban J connectivity index is 1.94. The van der Waals surface area contributed by atoms with Crippen LogP contribution >= 0.6 is 0 Å². The first kappa shape index (κ1) is 26.2. The number of ether oxygens (including phenoxy) is 3. The molecule has 0 radical (unpaired) electrons. The van der Waals surface area contributed by atoms with E-state index in [9.17, 15) is 32.8 Å². The number of aryl methyl sites for hydroxylation is 1. The fourth-order valence-electron chi connectivity index (χ4n) is 3.68. The summed E-state index contributed by atoms with van der Waals surface area (Å²) in [6.45, 7) is 2.03. The summed E-state index contributed by atoms with van der Waals surface area (Å²) < 4.78 is 51.1. The van der Waals surface area contributed by atoms with E-state index in [2.05, 4.69) is 0 Å². The third kappa shape index (κ3) is 5.63. The Hall–Kier alpha value is -2.39. The Kier molecular flexibility index (Phi) is 8.41. The molecule has 34 heavy (non-hydrogen) atoms. The van der Waals surface area contributed by atoms with Crippen molar-refractivity contribution in [1.29, 1.82) is 0 Å². The summed E-state index contributed by atoms with van der Waals surface area (Å²) in [5, 5.41) is 20.1. The molecule has 12 nitrogen and oxygen atoms in total. The molecular formula is C21H28N2O10S. The molecule has 0 bridgehead atoms. The van der Waals surface area contributed by atoms with Crippen LogP contribution in [-0.2, 0) is 37.7 Å². The first-order valence-electron chi connectivity index (χ1n) is 10.6. The van der Waals surface area contributed by atoms with Crippen molar-refractivity contribution in [2.75, 3.05) is 6.61 Å². The fourth-order valence-corrected chi connectivity index (χ4v) is 4.37. The molecule has 3 N–H and O–H groups in total. The molecule has 0 amide bonds. The van der Waals surface area contributed by atoms with Gasteiger partial charge in [-0.15, -0.1) is 0 Å². The number of aliphatic hydroxyl groups excluding tert-OH is 2. The van der Waals surface area contributed by atoms with Crippen molar-refractivity contribution in [2.24, 2.45) is 0 Å². The van der Waals surface area contributed by atoms with Crippen LogP contribution < -0.4 is 11.2 Å². The van der Waals surface area contributed by atoms with Crippen LogP contribution in [0.25, 0.3) is 0 Å². The second-order valence-corrected chi connectivity index (χ2v) is 9.45. The average molecular weight is 501 g/mol. The van der Waals surface area contributed by atoms with Gasteiger partial charge in [0.2, 0.25) is 0 Å². The minimum atomic E-state index is -4.64. The van der Waals surface area contributed by atoms with Crippen LogP contribution in [0.5, 0.6) is 0 Å². The zero-order chi connectivity index (χ0) is 25.0. The Morgan fingerprint density at radius 3 is 2.47 bits per heavy atom.